The third-order valence-electron chi connectivity index (χ3n) is 3.78. The molecule has 0 radical (unpaired) electrons. The van der Waals surface area contributed by atoms with E-state index in [0.29, 0.717) is 16.4 Å². The Morgan fingerprint density at radius 1 is 1.27 bits per heavy atom. The summed E-state index contributed by atoms with van der Waals surface area (Å²) in [5.41, 5.74) is 1.48. The van der Waals surface area contributed by atoms with Crippen molar-refractivity contribution < 1.29 is 14.3 Å². The van der Waals surface area contributed by atoms with Gasteiger partial charge in [-0.15, -0.1) is 5.10 Å². The maximum absolute atomic E-state index is 12.9. The minimum atomic E-state index is -0.552. The number of amides is 1. The van der Waals surface area contributed by atoms with Gasteiger partial charge in [-0.05, 0) is 24.6 Å². The lowest BCUT2D eigenvalue weighted by molar-refractivity contribution is -0.141. The molecule has 0 atom stereocenters. The topological polar surface area (TPSA) is 89.7 Å². The molecule has 8 nitrogen and oxygen atoms in total. The van der Waals surface area contributed by atoms with E-state index in [1.807, 2.05) is 6.92 Å². The van der Waals surface area contributed by atoms with Gasteiger partial charge in [-0.3, -0.25) is 9.59 Å². The van der Waals surface area contributed by atoms with Crippen LogP contribution in [0.3, 0.4) is 0 Å². The molecule has 134 valence electrons. The standard InChI is InChI=1S/C17H16ClN5O3/c1-11-7-8-19-17-20-15(21-23(11)17)16(25)22(10-14(24)26-2)9-12-5-3-4-6-13(12)18/h3-8H,9-10H2,1-2H3. The Morgan fingerprint density at radius 2 is 2.04 bits per heavy atom. The van der Waals surface area contributed by atoms with E-state index in [9.17, 15) is 9.59 Å². The van der Waals surface area contributed by atoms with Gasteiger partial charge in [0.05, 0.1) is 7.11 Å². The molecule has 2 aromatic heterocycles. The molecule has 0 aliphatic heterocycles. The van der Waals surface area contributed by atoms with E-state index in [4.69, 9.17) is 11.6 Å². The predicted octanol–water partition coefficient (Wildman–Crippen LogP) is 1.90. The Kier molecular flexibility index (Phi) is 5.13. The van der Waals surface area contributed by atoms with Crippen LogP contribution in [0.4, 0.5) is 0 Å². The van der Waals surface area contributed by atoms with Crippen molar-refractivity contribution in [3.8, 4) is 0 Å². The van der Waals surface area contributed by atoms with Crippen molar-refractivity contribution in [3.05, 3.63) is 58.6 Å². The fourth-order valence-corrected chi connectivity index (χ4v) is 2.59. The monoisotopic (exact) mass is 373 g/mol. The summed E-state index contributed by atoms with van der Waals surface area (Å²) in [6, 6.07) is 8.84. The normalized spacial score (nSPS) is 10.7. The number of rotatable bonds is 5. The maximum Gasteiger partial charge on any atom is 0.325 e. The average Bonchev–Trinajstić information content (AvgIpc) is 3.08. The molecule has 9 heteroatoms. The zero-order valence-corrected chi connectivity index (χ0v) is 15.0. The Morgan fingerprint density at radius 3 is 2.73 bits per heavy atom. The Labute approximate surface area is 154 Å². The van der Waals surface area contributed by atoms with Gasteiger partial charge in [-0.2, -0.15) is 4.98 Å². The first kappa shape index (κ1) is 17.8. The highest BCUT2D eigenvalue weighted by Gasteiger charge is 2.24. The van der Waals surface area contributed by atoms with Crippen molar-refractivity contribution in [1.82, 2.24) is 24.5 Å². The van der Waals surface area contributed by atoms with Crippen LogP contribution < -0.4 is 0 Å². The van der Waals surface area contributed by atoms with Gasteiger partial charge in [0.2, 0.25) is 5.82 Å². The third-order valence-corrected chi connectivity index (χ3v) is 4.14. The number of esters is 1. The van der Waals surface area contributed by atoms with Crippen LogP contribution in [0.15, 0.2) is 36.5 Å². The van der Waals surface area contributed by atoms with Crippen LogP contribution >= 0.6 is 11.6 Å². The number of nitrogens with zero attached hydrogens (tertiary/aromatic N) is 5. The van der Waals surface area contributed by atoms with Crippen LogP contribution in [0.5, 0.6) is 0 Å². The summed E-state index contributed by atoms with van der Waals surface area (Å²) in [7, 11) is 1.26. The van der Waals surface area contributed by atoms with Gasteiger partial charge in [-0.25, -0.2) is 9.50 Å². The first-order valence-electron chi connectivity index (χ1n) is 7.77. The molecule has 1 aromatic carbocycles. The molecular weight excluding hydrogens is 358 g/mol. The van der Waals surface area contributed by atoms with Crippen molar-refractivity contribution in [2.45, 2.75) is 13.5 Å². The Hall–Kier alpha value is -3.00. The first-order valence-corrected chi connectivity index (χ1v) is 8.15. The molecule has 0 aliphatic carbocycles. The van der Waals surface area contributed by atoms with Gasteiger partial charge < -0.3 is 9.64 Å². The fraction of sp³-hybridized carbons (Fsp3) is 0.235. The van der Waals surface area contributed by atoms with Gasteiger partial charge in [0.1, 0.15) is 6.54 Å². The smallest absolute Gasteiger partial charge is 0.325 e. The molecule has 0 saturated carbocycles. The highest BCUT2D eigenvalue weighted by atomic mass is 35.5. The van der Waals surface area contributed by atoms with Crippen molar-refractivity contribution >= 4 is 29.3 Å². The lowest BCUT2D eigenvalue weighted by atomic mass is 10.2. The SMILES string of the molecule is COC(=O)CN(Cc1ccccc1Cl)C(=O)c1nc2nccc(C)n2n1. The molecule has 26 heavy (non-hydrogen) atoms. The number of fused-ring (bicyclic) bond motifs is 1. The second kappa shape index (κ2) is 7.49. The summed E-state index contributed by atoms with van der Waals surface area (Å²) in [6.45, 7) is 1.70. The van der Waals surface area contributed by atoms with Gasteiger partial charge in [0.25, 0.3) is 11.7 Å². The van der Waals surface area contributed by atoms with Gasteiger partial charge >= 0.3 is 5.97 Å². The van der Waals surface area contributed by atoms with Gasteiger partial charge in [0, 0.05) is 23.5 Å². The third kappa shape index (κ3) is 3.65. The van der Waals surface area contributed by atoms with E-state index in [-0.39, 0.29) is 18.9 Å². The molecule has 0 unspecified atom stereocenters. The number of aryl methyl sites for hydroxylation is 1. The summed E-state index contributed by atoms with van der Waals surface area (Å²) >= 11 is 6.17. The zero-order chi connectivity index (χ0) is 18.7. The number of hydrogen-bond donors (Lipinski definition) is 0. The molecule has 0 fully saturated rings. The number of ether oxygens (including phenoxy) is 1. The number of halogens is 1. The molecule has 0 aliphatic rings. The van der Waals surface area contributed by atoms with E-state index in [0.717, 1.165) is 5.69 Å². The number of carbonyl (C=O) groups excluding carboxylic acids is 2. The molecular formula is C17H16ClN5O3. The lowest BCUT2D eigenvalue weighted by Crippen LogP contribution is -2.36. The number of carbonyl (C=O) groups is 2. The van der Waals surface area contributed by atoms with Crippen molar-refractivity contribution in [1.29, 1.82) is 0 Å². The van der Waals surface area contributed by atoms with E-state index in [2.05, 4.69) is 19.8 Å². The van der Waals surface area contributed by atoms with Crippen molar-refractivity contribution in [2.75, 3.05) is 13.7 Å². The number of aromatic nitrogens is 4. The summed E-state index contributed by atoms with van der Waals surface area (Å²) in [5.74, 6) is -0.810. The average molecular weight is 374 g/mol. The molecule has 0 bridgehead atoms. The second-order valence-corrected chi connectivity index (χ2v) is 5.97. The zero-order valence-electron chi connectivity index (χ0n) is 14.2. The van der Waals surface area contributed by atoms with E-state index in [1.165, 1.54) is 16.5 Å². The molecule has 3 aromatic rings. The molecule has 1 amide bonds. The lowest BCUT2D eigenvalue weighted by Gasteiger charge is -2.20. The highest BCUT2D eigenvalue weighted by molar-refractivity contribution is 6.31. The number of benzene rings is 1. The first-order chi connectivity index (χ1) is 12.5. The van der Waals surface area contributed by atoms with Gasteiger partial charge in [-0.1, -0.05) is 29.8 Å². The summed E-state index contributed by atoms with van der Waals surface area (Å²) in [5, 5.41) is 4.69. The van der Waals surface area contributed by atoms with Crippen LogP contribution in [-0.2, 0) is 16.1 Å². The van der Waals surface area contributed by atoms with Crippen LogP contribution in [0.25, 0.3) is 5.78 Å². The quantitative estimate of drug-likeness (QED) is 0.634. The predicted molar refractivity (Wildman–Crippen MR) is 93.7 cm³/mol. The second-order valence-electron chi connectivity index (χ2n) is 5.56. The minimum Gasteiger partial charge on any atom is -0.468 e. The van der Waals surface area contributed by atoms with E-state index in [1.54, 1.807) is 36.5 Å². The van der Waals surface area contributed by atoms with Crippen LogP contribution in [0.2, 0.25) is 5.02 Å². The molecule has 3 rings (SSSR count). The van der Waals surface area contributed by atoms with E-state index < -0.39 is 11.9 Å². The van der Waals surface area contributed by atoms with E-state index >= 15 is 0 Å². The van der Waals surface area contributed by atoms with Crippen LogP contribution in [0, 0.1) is 6.92 Å². The summed E-state index contributed by atoms with van der Waals surface area (Å²) in [6.07, 6.45) is 1.59. The molecule has 0 spiro atoms. The summed E-state index contributed by atoms with van der Waals surface area (Å²) < 4.78 is 6.16. The Balaban J connectivity index is 1.94. The molecule has 2 heterocycles. The minimum absolute atomic E-state index is 0.0530. The largest absolute Gasteiger partial charge is 0.468 e. The van der Waals surface area contributed by atoms with Crippen molar-refractivity contribution in [3.63, 3.8) is 0 Å². The summed E-state index contributed by atoms with van der Waals surface area (Å²) in [4.78, 5) is 34.2. The number of hydrogen-bond acceptors (Lipinski definition) is 6. The number of methoxy groups -OCH3 is 1. The van der Waals surface area contributed by atoms with Gasteiger partial charge in [0.15, 0.2) is 0 Å². The van der Waals surface area contributed by atoms with Crippen LogP contribution in [0.1, 0.15) is 21.9 Å². The molecule has 0 saturated heterocycles. The Bertz CT molecular complexity index is 972. The van der Waals surface area contributed by atoms with Crippen molar-refractivity contribution in [2.24, 2.45) is 0 Å². The maximum atomic E-state index is 12.9. The molecule has 0 N–H and O–H groups in total. The fourth-order valence-electron chi connectivity index (χ4n) is 2.39. The highest BCUT2D eigenvalue weighted by Crippen LogP contribution is 2.18. The van der Waals surface area contributed by atoms with Crippen LogP contribution in [-0.4, -0.2) is 50.0 Å².